The summed E-state index contributed by atoms with van der Waals surface area (Å²) in [4.78, 5) is 11.3. The molecular weight excluding hydrogens is 258 g/mol. The lowest BCUT2D eigenvalue weighted by molar-refractivity contribution is 0.0599. The van der Waals surface area contributed by atoms with Crippen molar-refractivity contribution >= 4 is 21.9 Å². The maximum absolute atomic E-state index is 11.3. The standard InChI is InChI=1S/C11H10BrNO2/c1-15-11(14)9-5-4-8(3-2-6-13)7-10(9)12/h4-5,7H,2-3H2,1H3. The lowest BCUT2D eigenvalue weighted by atomic mass is 10.1. The number of ether oxygens (including phenoxy) is 1. The molecule has 0 atom stereocenters. The summed E-state index contributed by atoms with van der Waals surface area (Å²) < 4.78 is 5.32. The largest absolute Gasteiger partial charge is 0.465 e. The summed E-state index contributed by atoms with van der Waals surface area (Å²) in [6.07, 6.45) is 1.17. The van der Waals surface area contributed by atoms with Crippen LogP contribution in [0, 0.1) is 11.3 Å². The number of rotatable bonds is 3. The first-order valence-electron chi connectivity index (χ1n) is 4.42. The highest BCUT2D eigenvalue weighted by Gasteiger charge is 2.09. The zero-order valence-corrected chi connectivity index (χ0v) is 9.87. The second-order valence-electron chi connectivity index (χ2n) is 2.96. The number of nitriles is 1. The van der Waals surface area contributed by atoms with E-state index in [0.717, 1.165) is 5.56 Å². The predicted molar refractivity (Wildman–Crippen MR) is 59.4 cm³/mol. The Morgan fingerprint density at radius 2 is 2.33 bits per heavy atom. The van der Waals surface area contributed by atoms with E-state index in [-0.39, 0.29) is 5.97 Å². The Labute approximate surface area is 96.8 Å². The summed E-state index contributed by atoms with van der Waals surface area (Å²) in [7, 11) is 1.35. The fraction of sp³-hybridized carbons (Fsp3) is 0.273. The topological polar surface area (TPSA) is 50.1 Å². The van der Waals surface area contributed by atoms with Crippen molar-refractivity contribution in [1.29, 1.82) is 5.26 Å². The van der Waals surface area contributed by atoms with E-state index < -0.39 is 0 Å². The first-order valence-corrected chi connectivity index (χ1v) is 5.22. The highest BCUT2D eigenvalue weighted by Crippen LogP contribution is 2.20. The Kier molecular flexibility index (Phi) is 4.32. The van der Waals surface area contributed by atoms with E-state index in [2.05, 4.69) is 26.7 Å². The number of hydrogen-bond acceptors (Lipinski definition) is 3. The van der Waals surface area contributed by atoms with Gasteiger partial charge in [0.15, 0.2) is 0 Å². The summed E-state index contributed by atoms with van der Waals surface area (Å²) in [5.41, 5.74) is 1.52. The van der Waals surface area contributed by atoms with Crippen LogP contribution in [-0.4, -0.2) is 13.1 Å². The maximum atomic E-state index is 11.3. The Hall–Kier alpha value is -1.34. The third-order valence-corrected chi connectivity index (χ3v) is 2.62. The maximum Gasteiger partial charge on any atom is 0.338 e. The molecular formula is C11H10BrNO2. The van der Waals surface area contributed by atoms with Gasteiger partial charge in [-0.05, 0) is 40.0 Å². The number of esters is 1. The zero-order valence-electron chi connectivity index (χ0n) is 8.29. The van der Waals surface area contributed by atoms with Crippen molar-refractivity contribution in [3.05, 3.63) is 33.8 Å². The van der Waals surface area contributed by atoms with E-state index in [1.165, 1.54) is 7.11 Å². The third-order valence-electron chi connectivity index (χ3n) is 1.96. The van der Waals surface area contributed by atoms with Crippen LogP contribution in [-0.2, 0) is 11.2 Å². The van der Waals surface area contributed by atoms with Gasteiger partial charge < -0.3 is 4.74 Å². The molecule has 0 amide bonds. The van der Waals surface area contributed by atoms with Crippen LogP contribution in [0.5, 0.6) is 0 Å². The molecule has 0 bridgehead atoms. The van der Waals surface area contributed by atoms with Gasteiger partial charge in [-0.1, -0.05) is 6.07 Å². The van der Waals surface area contributed by atoms with Crippen LogP contribution in [0.15, 0.2) is 22.7 Å². The van der Waals surface area contributed by atoms with Crippen molar-refractivity contribution in [1.82, 2.24) is 0 Å². The number of aryl methyl sites for hydroxylation is 1. The SMILES string of the molecule is COC(=O)c1ccc(CCC#N)cc1Br. The molecule has 0 fully saturated rings. The van der Waals surface area contributed by atoms with Gasteiger partial charge in [0.2, 0.25) is 0 Å². The van der Waals surface area contributed by atoms with Crippen molar-refractivity contribution in [2.45, 2.75) is 12.8 Å². The Balaban J connectivity index is 2.89. The summed E-state index contributed by atoms with van der Waals surface area (Å²) in [6.45, 7) is 0. The van der Waals surface area contributed by atoms with Crippen LogP contribution < -0.4 is 0 Å². The van der Waals surface area contributed by atoms with Gasteiger partial charge in [0.25, 0.3) is 0 Å². The van der Waals surface area contributed by atoms with Crippen molar-refractivity contribution in [3.63, 3.8) is 0 Å². The average Bonchev–Trinajstić information content (AvgIpc) is 2.25. The molecule has 1 aromatic rings. The molecule has 0 N–H and O–H groups in total. The van der Waals surface area contributed by atoms with Crippen LogP contribution in [0.4, 0.5) is 0 Å². The molecule has 0 unspecified atom stereocenters. The highest BCUT2D eigenvalue weighted by atomic mass is 79.9. The second kappa shape index (κ2) is 5.52. The Morgan fingerprint density at radius 1 is 1.60 bits per heavy atom. The molecule has 0 aliphatic carbocycles. The molecule has 78 valence electrons. The Bertz CT molecular complexity index is 410. The number of carbonyl (C=O) groups excluding carboxylic acids is 1. The molecule has 0 saturated carbocycles. The first kappa shape index (κ1) is 11.7. The smallest absolute Gasteiger partial charge is 0.338 e. The van der Waals surface area contributed by atoms with Gasteiger partial charge in [-0.3, -0.25) is 0 Å². The van der Waals surface area contributed by atoms with E-state index >= 15 is 0 Å². The lowest BCUT2D eigenvalue weighted by Gasteiger charge is -2.04. The minimum absolute atomic E-state index is 0.367. The normalized spacial score (nSPS) is 9.40. The van der Waals surface area contributed by atoms with Gasteiger partial charge in [-0.25, -0.2) is 4.79 Å². The van der Waals surface area contributed by atoms with Gasteiger partial charge in [0.1, 0.15) is 0 Å². The molecule has 0 saturated heterocycles. The highest BCUT2D eigenvalue weighted by molar-refractivity contribution is 9.10. The molecule has 0 spiro atoms. The molecule has 0 aliphatic heterocycles. The number of benzene rings is 1. The zero-order chi connectivity index (χ0) is 11.3. The minimum atomic E-state index is -0.367. The van der Waals surface area contributed by atoms with Crippen LogP contribution in [0.1, 0.15) is 22.3 Å². The Morgan fingerprint density at radius 3 is 2.87 bits per heavy atom. The van der Waals surface area contributed by atoms with Gasteiger partial charge >= 0.3 is 5.97 Å². The molecule has 3 nitrogen and oxygen atoms in total. The van der Waals surface area contributed by atoms with E-state index in [9.17, 15) is 4.79 Å². The van der Waals surface area contributed by atoms with Crippen LogP contribution in [0.3, 0.4) is 0 Å². The summed E-state index contributed by atoms with van der Waals surface area (Å²) >= 11 is 3.30. The minimum Gasteiger partial charge on any atom is -0.465 e. The van der Waals surface area contributed by atoms with Crippen LogP contribution in [0.25, 0.3) is 0 Å². The number of halogens is 1. The number of nitrogens with zero attached hydrogens (tertiary/aromatic N) is 1. The van der Waals surface area contributed by atoms with Gasteiger partial charge in [0.05, 0.1) is 18.7 Å². The number of hydrogen-bond donors (Lipinski definition) is 0. The monoisotopic (exact) mass is 267 g/mol. The molecule has 4 heteroatoms. The van der Waals surface area contributed by atoms with E-state index in [1.807, 2.05) is 12.1 Å². The fourth-order valence-electron chi connectivity index (χ4n) is 1.19. The summed E-state index contributed by atoms with van der Waals surface area (Å²) in [5.74, 6) is -0.367. The molecule has 1 aromatic carbocycles. The van der Waals surface area contributed by atoms with Crippen molar-refractivity contribution < 1.29 is 9.53 Å². The van der Waals surface area contributed by atoms with E-state index in [1.54, 1.807) is 6.07 Å². The molecule has 0 heterocycles. The summed E-state index contributed by atoms with van der Waals surface area (Å²) in [5, 5.41) is 8.44. The second-order valence-corrected chi connectivity index (χ2v) is 3.82. The molecule has 0 aliphatic rings. The van der Waals surface area contributed by atoms with Crippen molar-refractivity contribution in [3.8, 4) is 6.07 Å². The fourth-order valence-corrected chi connectivity index (χ4v) is 1.78. The molecule has 0 radical (unpaired) electrons. The quantitative estimate of drug-likeness (QED) is 0.792. The van der Waals surface area contributed by atoms with Crippen LogP contribution >= 0.6 is 15.9 Å². The van der Waals surface area contributed by atoms with Crippen molar-refractivity contribution in [2.24, 2.45) is 0 Å². The first-order chi connectivity index (χ1) is 7.19. The molecule has 15 heavy (non-hydrogen) atoms. The third kappa shape index (κ3) is 3.07. The van der Waals surface area contributed by atoms with E-state index in [4.69, 9.17) is 5.26 Å². The van der Waals surface area contributed by atoms with Gasteiger partial charge in [-0.15, -0.1) is 0 Å². The van der Waals surface area contributed by atoms with Crippen LogP contribution in [0.2, 0.25) is 0 Å². The van der Waals surface area contributed by atoms with Gasteiger partial charge in [0, 0.05) is 10.9 Å². The van der Waals surface area contributed by atoms with Gasteiger partial charge in [-0.2, -0.15) is 5.26 Å². The molecule has 0 aromatic heterocycles. The number of methoxy groups -OCH3 is 1. The van der Waals surface area contributed by atoms with Crippen molar-refractivity contribution in [2.75, 3.05) is 7.11 Å². The number of carbonyl (C=O) groups is 1. The average molecular weight is 268 g/mol. The summed E-state index contributed by atoms with van der Waals surface area (Å²) in [6, 6.07) is 7.44. The molecule has 1 rings (SSSR count). The predicted octanol–water partition coefficient (Wildman–Crippen LogP) is 2.69. The lowest BCUT2D eigenvalue weighted by Crippen LogP contribution is -2.02. The van der Waals surface area contributed by atoms with E-state index in [0.29, 0.717) is 22.9 Å².